The van der Waals surface area contributed by atoms with Crippen LogP contribution >= 0.6 is 0 Å². The van der Waals surface area contributed by atoms with Crippen molar-refractivity contribution in [2.75, 3.05) is 33.9 Å². The van der Waals surface area contributed by atoms with Crippen LogP contribution in [0.1, 0.15) is 26.7 Å². The number of likely N-dealkylation sites (tertiary alicyclic amines) is 1. The predicted molar refractivity (Wildman–Crippen MR) is 125 cm³/mol. The Morgan fingerprint density at radius 2 is 2.00 bits per heavy atom. The van der Waals surface area contributed by atoms with Gasteiger partial charge in [0, 0.05) is 25.1 Å². The number of carbonyl (C=O) groups excluding carboxylic acids is 4. The lowest BCUT2D eigenvalue weighted by Crippen LogP contribution is -2.53. The molecule has 5 atom stereocenters. The molecule has 0 bridgehead atoms. The third kappa shape index (κ3) is 4.78. The number of nitrogens with zero attached hydrogens (tertiary/aromatic N) is 1. The third-order valence-electron chi connectivity index (χ3n) is 7.71. The lowest BCUT2D eigenvalue weighted by molar-refractivity contribution is -0.142. The Kier molecular flexibility index (Phi) is 6.91. The summed E-state index contributed by atoms with van der Waals surface area (Å²) >= 11 is 0. The summed E-state index contributed by atoms with van der Waals surface area (Å²) < 4.78 is 16.2. The smallest absolute Gasteiger partial charge is 0.261 e. The van der Waals surface area contributed by atoms with E-state index in [9.17, 15) is 19.2 Å². The fourth-order valence-electron chi connectivity index (χ4n) is 5.57. The van der Waals surface area contributed by atoms with Crippen LogP contribution in [0.3, 0.4) is 0 Å². The van der Waals surface area contributed by atoms with E-state index < -0.39 is 12.1 Å². The molecule has 2 N–H and O–H groups in total. The fraction of sp³-hybridized carbons (Fsp3) is 0.600. The number of aldehydes is 1. The van der Waals surface area contributed by atoms with Crippen molar-refractivity contribution >= 4 is 24.0 Å². The number of benzene rings is 1. The minimum Gasteiger partial charge on any atom is -0.493 e. The first-order valence-corrected chi connectivity index (χ1v) is 11.9. The highest BCUT2D eigenvalue weighted by molar-refractivity contribution is 5.91. The van der Waals surface area contributed by atoms with Crippen molar-refractivity contribution in [1.82, 2.24) is 15.5 Å². The Morgan fingerprint density at radius 3 is 2.63 bits per heavy atom. The Hall–Kier alpha value is -3.30. The maximum atomic E-state index is 13.3. The second-order valence-electron chi connectivity index (χ2n) is 10.0. The van der Waals surface area contributed by atoms with Crippen LogP contribution in [0.2, 0.25) is 0 Å². The molecule has 4 rings (SSSR count). The standard InChI is InChI=1S/C25H33N3O7/c1-25(2)17-11-28(20(30)13-35-16-5-6-18(33-3)19(10-16)34-4)22(21(17)25)24(32)27-15(12-29)9-14-7-8-26-23(14)31/h5-6,10,12,14-15,17,21-22H,7-9,11,13H2,1-4H3,(H,26,31)(H,27,32). The van der Waals surface area contributed by atoms with Crippen molar-refractivity contribution in [3.8, 4) is 17.2 Å². The van der Waals surface area contributed by atoms with Gasteiger partial charge in [-0.05, 0) is 42.2 Å². The summed E-state index contributed by atoms with van der Waals surface area (Å²) in [6.07, 6.45) is 1.56. The molecule has 3 amide bonds. The molecule has 2 aliphatic heterocycles. The van der Waals surface area contributed by atoms with Gasteiger partial charge in [-0.2, -0.15) is 0 Å². The molecule has 3 aliphatic rings. The molecule has 5 unspecified atom stereocenters. The minimum absolute atomic E-state index is 0.00890. The van der Waals surface area contributed by atoms with E-state index in [1.165, 1.54) is 14.2 Å². The van der Waals surface area contributed by atoms with Gasteiger partial charge >= 0.3 is 0 Å². The zero-order valence-corrected chi connectivity index (χ0v) is 20.5. The minimum atomic E-state index is -0.780. The van der Waals surface area contributed by atoms with Crippen LogP contribution in [-0.2, 0) is 19.2 Å². The number of hydrogen-bond donors (Lipinski definition) is 2. The molecular weight excluding hydrogens is 454 g/mol. The quantitative estimate of drug-likeness (QED) is 0.468. The van der Waals surface area contributed by atoms with E-state index in [1.54, 1.807) is 23.1 Å². The highest BCUT2D eigenvalue weighted by Crippen LogP contribution is 2.64. The van der Waals surface area contributed by atoms with Gasteiger partial charge in [0.1, 0.15) is 18.1 Å². The number of nitrogens with one attached hydrogen (secondary N) is 2. The summed E-state index contributed by atoms with van der Waals surface area (Å²) in [5.74, 6) is 0.620. The van der Waals surface area contributed by atoms with Crippen molar-refractivity contribution in [2.45, 2.75) is 38.8 Å². The van der Waals surface area contributed by atoms with Crippen molar-refractivity contribution in [1.29, 1.82) is 0 Å². The van der Waals surface area contributed by atoms with E-state index in [1.807, 2.05) is 0 Å². The number of rotatable bonds is 10. The van der Waals surface area contributed by atoms with Crippen molar-refractivity contribution < 1.29 is 33.4 Å². The number of hydrogen-bond acceptors (Lipinski definition) is 7. The van der Waals surface area contributed by atoms with Gasteiger partial charge in [0.2, 0.25) is 11.8 Å². The van der Waals surface area contributed by atoms with Crippen LogP contribution in [0.25, 0.3) is 0 Å². The van der Waals surface area contributed by atoms with Crippen molar-refractivity contribution in [2.24, 2.45) is 23.2 Å². The number of amides is 3. The normalized spacial score (nSPS) is 26.9. The molecule has 0 radical (unpaired) electrons. The molecule has 0 aromatic heterocycles. The summed E-state index contributed by atoms with van der Waals surface area (Å²) in [5, 5.41) is 5.53. The maximum Gasteiger partial charge on any atom is 0.261 e. The van der Waals surface area contributed by atoms with Crippen LogP contribution in [0.5, 0.6) is 17.2 Å². The lowest BCUT2D eigenvalue weighted by Gasteiger charge is -2.31. The van der Waals surface area contributed by atoms with E-state index in [4.69, 9.17) is 14.2 Å². The van der Waals surface area contributed by atoms with Gasteiger partial charge in [0.15, 0.2) is 18.1 Å². The van der Waals surface area contributed by atoms with E-state index in [2.05, 4.69) is 24.5 Å². The van der Waals surface area contributed by atoms with Gasteiger partial charge in [0.25, 0.3) is 5.91 Å². The Balaban J connectivity index is 1.41. The number of piperidine rings is 1. The van der Waals surface area contributed by atoms with Gasteiger partial charge in [-0.3, -0.25) is 14.4 Å². The summed E-state index contributed by atoms with van der Waals surface area (Å²) in [7, 11) is 3.05. The summed E-state index contributed by atoms with van der Waals surface area (Å²) in [5.41, 5.74) is -0.0645. The topological polar surface area (TPSA) is 123 Å². The Morgan fingerprint density at radius 1 is 1.26 bits per heavy atom. The average Bonchev–Trinajstić information content (AvgIpc) is 3.21. The zero-order chi connectivity index (χ0) is 25.3. The van der Waals surface area contributed by atoms with Crippen LogP contribution in [0.4, 0.5) is 0 Å². The van der Waals surface area contributed by atoms with E-state index in [-0.39, 0.29) is 53.9 Å². The van der Waals surface area contributed by atoms with Gasteiger partial charge in [-0.15, -0.1) is 0 Å². The molecule has 10 heteroatoms. The van der Waals surface area contributed by atoms with Crippen molar-refractivity contribution in [3.05, 3.63) is 18.2 Å². The third-order valence-corrected chi connectivity index (χ3v) is 7.71. The van der Waals surface area contributed by atoms with Crippen LogP contribution in [0.15, 0.2) is 18.2 Å². The number of fused-ring (bicyclic) bond motifs is 1. The van der Waals surface area contributed by atoms with Crippen LogP contribution in [0, 0.1) is 23.2 Å². The zero-order valence-electron chi connectivity index (χ0n) is 20.5. The molecule has 2 saturated heterocycles. The van der Waals surface area contributed by atoms with Crippen molar-refractivity contribution in [3.63, 3.8) is 0 Å². The highest BCUT2D eigenvalue weighted by atomic mass is 16.5. The first-order valence-electron chi connectivity index (χ1n) is 11.9. The molecule has 35 heavy (non-hydrogen) atoms. The molecule has 190 valence electrons. The lowest BCUT2D eigenvalue weighted by atomic mass is 9.97. The Bertz CT molecular complexity index is 1010. The fourth-order valence-corrected chi connectivity index (χ4v) is 5.57. The monoisotopic (exact) mass is 487 g/mol. The highest BCUT2D eigenvalue weighted by Gasteiger charge is 2.69. The number of ether oxygens (including phenoxy) is 3. The second-order valence-corrected chi connectivity index (χ2v) is 10.0. The van der Waals surface area contributed by atoms with Gasteiger partial charge < -0.3 is 34.5 Å². The molecule has 10 nitrogen and oxygen atoms in total. The predicted octanol–water partition coefficient (Wildman–Crippen LogP) is 0.776. The molecule has 2 heterocycles. The van der Waals surface area contributed by atoms with Gasteiger partial charge in [-0.25, -0.2) is 0 Å². The summed E-state index contributed by atoms with van der Waals surface area (Å²) in [6.45, 7) is 4.97. The first-order chi connectivity index (χ1) is 16.7. The molecule has 1 aromatic rings. The van der Waals surface area contributed by atoms with Crippen LogP contribution < -0.4 is 24.8 Å². The first kappa shape index (κ1) is 24.8. The molecule has 0 spiro atoms. The summed E-state index contributed by atoms with van der Waals surface area (Å²) in [4.78, 5) is 51.5. The molecule has 1 aromatic carbocycles. The summed E-state index contributed by atoms with van der Waals surface area (Å²) in [6, 6.07) is 3.53. The van der Waals surface area contributed by atoms with Gasteiger partial charge in [-0.1, -0.05) is 13.8 Å². The second kappa shape index (κ2) is 9.75. The van der Waals surface area contributed by atoms with Crippen LogP contribution in [-0.4, -0.2) is 74.9 Å². The largest absolute Gasteiger partial charge is 0.493 e. The van der Waals surface area contributed by atoms with E-state index in [0.717, 1.165) is 0 Å². The van der Waals surface area contributed by atoms with E-state index in [0.29, 0.717) is 43.0 Å². The number of carbonyl (C=O) groups is 4. The molecule has 1 saturated carbocycles. The average molecular weight is 488 g/mol. The Labute approximate surface area is 204 Å². The maximum absolute atomic E-state index is 13.3. The molecule has 3 fully saturated rings. The van der Waals surface area contributed by atoms with Gasteiger partial charge in [0.05, 0.1) is 20.3 Å². The molecular formula is C25H33N3O7. The SMILES string of the molecule is COc1ccc(OCC(=O)N2CC3C(C2C(=O)NC(C=O)CC2CCNC2=O)C3(C)C)cc1OC. The molecule has 1 aliphatic carbocycles. The van der Waals surface area contributed by atoms with E-state index >= 15 is 0 Å². The number of methoxy groups -OCH3 is 2.